The van der Waals surface area contributed by atoms with Crippen LogP contribution in [0.5, 0.6) is 0 Å². The molecule has 0 saturated heterocycles. The van der Waals surface area contributed by atoms with E-state index in [0.717, 1.165) is 18.5 Å². The Balaban J connectivity index is 2.31. The van der Waals surface area contributed by atoms with E-state index in [9.17, 15) is 5.26 Å². The minimum atomic E-state index is -0.0653. The number of hydrogen-bond donors (Lipinski definition) is 1. The SMILES string of the molecule is C=C1C=CN(C2CC(CC)C(C#N)C2(C)C)C(=S)N1. The lowest BCUT2D eigenvalue weighted by atomic mass is 9.77. The Morgan fingerprint density at radius 3 is 2.79 bits per heavy atom. The Labute approximate surface area is 121 Å². The van der Waals surface area contributed by atoms with Gasteiger partial charge >= 0.3 is 0 Å². The molecule has 3 atom stereocenters. The first kappa shape index (κ1) is 14.1. The molecule has 3 unspecified atom stereocenters. The molecule has 0 aromatic heterocycles. The molecule has 1 aliphatic carbocycles. The Hall–Kier alpha value is -1.34. The van der Waals surface area contributed by atoms with Crippen molar-refractivity contribution in [1.82, 2.24) is 10.2 Å². The smallest absolute Gasteiger partial charge is 0.177 e. The lowest BCUT2D eigenvalue weighted by Crippen LogP contribution is -2.49. The summed E-state index contributed by atoms with van der Waals surface area (Å²) in [5.41, 5.74) is 0.755. The average Bonchev–Trinajstić information content (AvgIpc) is 2.60. The number of nitriles is 1. The minimum Gasteiger partial charge on any atom is -0.333 e. The average molecular weight is 275 g/mol. The summed E-state index contributed by atoms with van der Waals surface area (Å²) in [6, 6.07) is 2.79. The van der Waals surface area contributed by atoms with E-state index in [-0.39, 0.29) is 17.4 Å². The zero-order chi connectivity index (χ0) is 14.2. The summed E-state index contributed by atoms with van der Waals surface area (Å²) in [4.78, 5) is 2.10. The molecule has 1 fully saturated rings. The molecule has 0 spiro atoms. The molecular weight excluding hydrogens is 254 g/mol. The van der Waals surface area contributed by atoms with Gasteiger partial charge in [0.15, 0.2) is 5.11 Å². The topological polar surface area (TPSA) is 39.1 Å². The van der Waals surface area contributed by atoms with Crippen LogP contribution in [0, 0.1) is 28.6 Å². The number of hydrogen-bond acceptors (Lipinski definition) is 2. The van der Waals surface area contributed by atoms with Gasteiger partial charge in [-0.15, -0.1) is 0 Å². The van der Waals surface area contributed by atoms with E-state index in [2.05, 4.69) is 43.6 Å². The van der Waals surface area contributed by atoms with Crippen LogP contribution in [0.15, 0.2) is 24.6 Å². The number of nitrogens with zero attached hydrogens (tertiary/aromatic N) is 2. The molecule has 2 aliphatic rings. The number of nitrogens with one attached hydrogen (secondary N) is 1. The zero-order valence-electron chi connectivity index (χ0n) is 11.8. The number of allylic oxidation sites excluding steroid dienone is 1. The van der Waals surface area contributed by atoms with Crippen molar-refractivity contribution in [3.8, 4) is 6.07 Å². The second kappa shape index (κ2) is 4.97. The molecule has 3 nitrogen and oxygen atoms in total. The van der Waals surface area contributed by atoms with Gasteiger partial charge in [0.25, 0.3) is 0 Å². The highest BCUT2D eigenvalue weighted by molar-refractivity contribution is 7.80. The Morgan fingerprint density at radius 1 is 1.63 bits per heavy atom. The monoisotopic (exact) mass is 275 g/mol. The molecule has 0 aromatic carbocycles. The van der Waals surface area contributed by atoms with Crippen LogP contribution < -0.4 is 5.32 Å². The standard InChI is InChI=1S/C15H21N3S/c1-5-11-8-13(15(3,4)12(11)9-16)18-7-6-10(2)17-14(18)19/h6-7,11-13H,2,5,8H2,1,3-4H3,(H,17,19). The Bertz CT molecular complexity index is 472. The van der Waals surface area contributed by atoms with Gasteiger partial charge in [-0.05, 0) is 30.6 Å². The van der Waals surface area contributed by atoms with Crippen molar-refractivity contribution in [2.45, 2.75) is 39.7 Å². The van der Waals surface area contributed by atoms with Crippen LogP contribution in [0.3, 0.4) is 0 Å². The summed E-state index contributed by atoms with van der Waals surface area (Å²) < 4.78 is 0. The van der Waals surface area contributed by atoms with E-state index in [1.807, 2.05) is 12.3 Å². The molecule has 2 rings (SSSR count). The first-order chi connectivity index (χ1) is 8.91. The maximum Gasteiger partial charge on any atom is 0.177 e. The van der Waals surface area contributed by atoms with Gasteiger partial charge in [0, 0.05) is 23.4 Å². The first-order valence-electron chi connectivity index (χ1n) is 6.77. The highest BCUT2D eigenvalue weighted by Crippen LogP contribution is 2.50. The quantitative estimate of drug-likeness (QED) is 0.786. The van der Waals surface area contributed by atoms with Crippen molar-refractivity contribution < 1.29 is 0 Å². The van der Waals surface area contributed by atoms with E-state index < -0.39 is 0 Å². The maximum atomic E-state index is 9.48. The van der Waals surface area contributed by atoms with Gasteiger partial charge in [-0.1, -0.05) is 33.8 Å². The summed E-state index contributed by atoms with van der Waals surface area (Å²) in [7, 11) is 0. The molecule has 1 N–H and O–H groups in total. The number of rotatable bonds is 2. The highest BCUT2D eigenvalue weighted by atomic mass is 32.1. The predicted molar refractivity (Wildman–Crippen MR) is 80.9 cm³/mol. The molecule has 1 aliphatic heterocycles. The normalized spacial score (nSPS) is 33.2. The molecular formula is C15H21N3S. The lowest BCUT2D eigenvalue weighted by molar-refractivity contribution is 0.187. The fourth-order valence-electron chi connectivity index (χ4n) is 3.41. The molecule has 102 valence electrons. The maximum absolute atomic E-state index is 9.48. The molecule has 0 radical (unpaired) electrons. The van der Waals surface area contributed by atoms with Gasteiger partial charge in [-0.3, -0.25) is 0 Å². The Kier molecular flexibility index (Phi) is 3.69. The van der Waals surface area contributed by atoms with Crippen LogP contribution in [0.2, 0.25) is 0 Å². The van der Waals surface area contributed by atoms with Crippen LogP contribution >= 0.6 is 12.2 Å². The van der Waals surface area contributed by atoms with Crippen LogP contribution in [0.4, 0.5) is 0 Å². The summed E-state index contributed by atoms with van der Waals surface area (Å²) in [5, 5.41) is 13.3. The van der Waals surface area contributed by atoms with Crippen LogP contribution in [-0.2, 0) is 0 Å². The van der Waals surface area contributed by atoms with Crippen molar-refractivity contribution in [2.24, 2.45) is 17.3 Å². The third-order valence-electron chi connectivity index (χ3n) is 4.60. The van der Waals surface area contributed by atoms with E-state index in [1.165, 1.54) is 0 Å². The molecule has 1 saturated carbocycles. The molecule has 0 bridgehead atoms. The van der Waals surface area contributed by atoms with Gasteiger partial charge in [-0.25, -0.2) is 0 Å². The second-order valence-electron chi connectivity index (χ2n) is 6.03. The van der Waals surface area contributed by atoms with Crippen molar-refractivity contribution in [3.63, 3.8) is 0 Å². The third kappa shape index (κ3) is 2.28. The fraction of sp³-hybridized carbons (Fsp3) is 0.600. The van der Waals surface area contributed by atoms with Gasteiger partial charge in [-0.2, -0.15) is 5.26 Å². The minimum absolute atomic E-state index is 0.0653. The van der Waals surface area contributed by atoms with Gasteiger partial charge < -0.3 is 10.2 Å². The van der Waals surface area contributed by atoms with E-state index in [4.69, 9.17) is 12.2 Å². The number of thiocarbonyl (C=S) groups is 1. The van der Waals surface area contributed by atoms with E-state index in [0.29, 0.717) is 11.0 Å². The van der Waals surface area contributed by atoms with Crippen molar-refractivity contribution in [3.05, 3.63) is 24.6 Å². The molecule has 4 heteroatoms. The summed E-state index contributed by atoms with van der Waals surface area (Å²) in [6.07, 6.45) is 6.00. The summed E-state index contributed by atoms with van der Waals surface area (Å²) in [6.45, 7) is 10.4. The van der Waals surface area contributed by atoms with Gasteiger partial charge in [0.05, 0.1) is 12.0 Å². The Morgan fingerprint density at radius 2 is 2.32 bits per heavy atom. The highest BCUT2D eigenvalue weighted by Gasteiger charge is 2.51. The zero-order valence-corrected chi connectivity index (χ0v) is 12.6. The summed E-state index contributed by atoms with van der Waals surface area (Å²) >= 11 is 5.41. The molecule has 0 aromatic rings. The van der Waals surface area contributed by atoms with E-state index >= 15 is 0 Å². The molecule has 19 heavy (non-hydrogen) atoms. The van der Waals surface area contributed by atoms with E-state index in [1.54, 1.807) is 0 Å². The van der Waals surface area contributed by atoms with Gasteiger partial charge in [0.1, 0.15) is 0 Å². The molecule has 1 heterocycles. The van der Waals surface area contributed by atoms with Crippen molar-refractivity contribution in [2.75, 3.05) is 0 Å². The van der Waals surface area contributed by atoms with Gasteiger partial charge in [0.2, 0.25) is 0 Å². The molecule has 0 amide bonds. The lowest BCUT2D eigenvalue weighted by Gasteiger charge is -2.39. The van der Waals surface area contributed by atoms with Crippen molar-refractivity contribution >= 4 is 17.3 Å². The van der Waals surface area contributed by atoms with Crippen LogP contribution in [0.1, 0.15) is 33.6 Å². The fourth-order valence-corrected chi connectivity index (χ4v) is 3.73. The van der Waals surface area contributed by atoms with Crippen molar-refractivity contribution in [1.29, 1.82) is 5.26 Å². The first-order valence-corrected chi connectivity index (χ1v) is 7.18. The second-order valence-corrected chi connectivity index (χ2v) is 6.41. The van der Waals surface area contributed by atoms with Crippen LogP contribution in [0.25, 0.3) is 0 Å². The largest absolute Gasteiger partial charge is 0.333 e. The summed E-state index contributed by atoms with van der Waals surface area (Å²) in [5.74, 6) is 0.537. The predicted octanol–water partition coefficient (Wildman–Crippen LogP) is 3.17. The third-order valence-corrected chi connectivity index (χ3v) is 4.91. The van der Waals surface area contributed by atoms with Crippen LogP contribution in [-0.4, -0.2) is 16.1 Å².